The Balaban J connectivity index is 1.99. The minimum absolute atomic E-state index is 0.221. The largest absolute Gasteiger partial charge is 0.429 e. The second kappa shape index (κ2) is 7.86. The summed E-state index contributed by atoms with van der Waals surface area (Å²) in [6.45, 7) is 3.19. The lowest BCUT2D eigenvalue weighted by Crippen LogP contribution is -2.37. The molecule has 2 aromatic rings. The lowest BCUT2D eigenvalue weighted by molar-refractivity contribution is -0.152. The van der Waals surface area contributed by atoms with Gasteiger partial charge in [-0.25, -0.2) is 17.6 Å². The van der Waals surface area contributed by atoms with Crippen LogP contribution < -0.4 is 10.0 Å². The molecule has 3 unspecified atom stereocenters. The molecule has 0 saturated heterocycles. The summed E-state index contributed by atoms with van der Waals surface area (Å²) in [6, 6.07) is 7.81. The van der Waals surface area contributed by atoms with Crippen LogP contribution in [-0.4, -0.2) is 12.3 Å². The van der Waals surface area contributed by atoms with Gasteiger partial charge in [-0.3, -0.25) is 0 Å². The van der Waals surface area contributed by atoms with Crippen LogP contribution in [0.15, 0.2) is 53.9 Å². The fourth-order valence-electron chi connectivity index (χ4n) is 3.10. The van der Waals surface area contributed by atoms with E-state index in [-0.39, 0.29) is 5.57 Å². The zero-order chi connectivity index (χ0) is 21.5. The third-order valence-electron chi connectivity index (χ3n) is 4.74. The van der Waals surface area contributed by atoms with Crippen LogP contribution in [0.5, 0.6) is 5.75 Å². The SMILES string of the molecule is Cc1ccc(C2=CC(F)=C(C(F)(F)Oc3cc(F)c(P)c(F)c3)C(F)C2C)cc1. The van der Waals surface area contributed by atoms with E-state index in [1.165, 1.54) is 6.92 Å². The summed E-state index contributed by atoms with van der Waals surface area (Å²) in [5.41, 5.74) is 0.141. The normalized spacial score (nSPS) is 20.0. The van der Waals surface area contributed by atoms with Gasteiger partial charge in [-0.15, -0.1) is 0 Å². The second-order valence-corrected chi connectivity index (χ2v) is 7.41. The molecule has 1 aliphatic rings. The summed E-state index contributed by atoms with van der Waals surface area (Å²) in [7, 11) is 1.78. The van der Waals surface area contributed by atoms with Crippen LogP contribution in [0.3, 0.4) is 0 Å². The second-order valence-electron chi connectivity index (χ2n) is 6.84. The molecule has 0 spiro atoms. The van der Waals surface area contributed by atoms with Crippen LogP contribution in [0.4, 0.5) is 26.3 Å². The molecule has 0 aliphatic heterocycles. The van der Waals surface area contributed by atoms with Gasteiger partial charge in [0.05, 0.1) is 0 Å². The van der Waals surface area contributed by atoms with Gasteiger partial charge in [-0.05, 0) is 24.1 Å². The van der Waals surface area contributed by atoms with Gasteiger partial charge in [0.15, 0.2) is 0 Å². The first-order valence-corrected chi connectivity index (χ1v) is 9.23. The Morgan fingerprint density at radius 1 is 1.00 bits per heavy atom. The van der Waals surface area contributed by atoms with E-state index in [0.29, 0.717) is 17.7 Å². The quantitative estimate of drug-likeness (QED) is 0.425. The average molecular weight is 430 g/mol. The first-order chi connectivity index (χ1) is 13.5. The highest BCUT2D eigenvalue weighted by Crippen LogP contribution is 2.44. The van der Waals surface area contributed by atoms with Gasteiger partial charge in [0.2, 0.25) is 0 Å². The van der Waals surface area contributed by atoms with Crippen molar-refractivity contribution in [3.8, 4) is 5.75 Å². The van der Waals surface area contributed by atoms with E-state index in [1.807, 2.05) is 6.92 Å². The average Bonchev–Trinajstić information content (AvgIpc) is 2.63. The number of alkyl halides is 3. The zero-order valence-electron chi connectivity index (χ0n) is 15.4. The number of aryl methyl sites for hydroxylation is 1. The topological polar surface area (TPSA) is 9.23 Å². The molecule has 3 atom stereocenters. The maximum absolute atomic E-state index is 14.9. The predicted octanol–water partition coefficient (Wildman–Crippen LogP) is 6.04. The number of ether oxygens (including phenoxy) is 1. The molecule has 0 aromatic heterocycles. The highest BCUT2D eigenvalue weighted by molar-refractivity contribution is 7.27. The van der Waals surface area contributed by atoms with Crippen LogP contribution in [0.2, 0.25) is 0 Å². The number of hydrogen-bond acceptors (Lipinski definition) is 1. The van der Waals surface area contributed by atoms with Crippen LogP contribution >= 0.6 is 9.24 Å². The van der Waals surface area contributed by atoms with E-state index in [4.69, 9.17) is 0 Å². The van der Waals surface area contributed by atoms with Crippen molar-refractivity contribution in [3.05, 3.63) is 76.6 Å². The van der Waals surface area contributed by atoms with E-state index in [9.17, 15) is 26.3 Å². The molecule has 3 rings (SSSR count). The van der Waals surface area contributed by atoms with Gasteiger partial charge in [0.25, 0.3) is 0 Å². The van der Waals surface area contributed by atoms with Crippen LogP contribution in [0.1, 0.15) is 18.1 Å². The molecule has 1 aliphatic carbocycles. The molecule has 0 fully saturated rings. The van der Waals surface area contributed by atoms with Crippen molar-refractivity contribution in [3.63, 3.8) is 0 Å². The van der Waals surface area contributed by atoms with Crippen molar-refractivity contribution in [1.82, 2.24) is 0 Å². The van der Waals surface area contributed by atoms with E-state index >= 15 is 0 Å². The van der Waals surface area contributed by atoms with E-state index in [2.05, 4.69) is 4.74 Å². The van der Waals surface area contributed by atoms with Gasteiger partial charge in [-0.2, -0.15) is 8.78 Å². The minimum Gasteiger partial charge on any atom is -0.429 e. The Bertz CT molecular complexity index is 974. The Kier molecular flexibility index (Phi) is 5.81. The number of halogens is 6. The maximum Gasteiger partial charge on any atom is 0.428 e. The standard InChI is InChI=1S/C21H17F6OP/c1-10-3-5-12(6-4-10)14-9-15(22)18(19(25)11(14)2)21(26,27)28-13-7-16(23)20(29)17(24)8-13/h3-9,11,19H,29H2,1-2H3. The fraction of sp³-hybridized carbons (Fsp3) is 0.238. The molecule has 0 bridgehead atoms. The van der Waals surface area contributed by atoms with Crippen molar-refractivity contribution < 1.29 is 31.1 Å². The molecule has 29 heavy (non-hydrogen) atoms. The number of benzene rings is 2. The van der Waals surface area contributed by atoms with Crippen LogP contribution in [0, 0.1) is 24.5 Å². The summed E-state index contributed by atoms with van der Waals surface area (Å²) in [4.78, 5) is 0. The molecule has 0 saturated carbocycles. The van der Waals surface area contributed by atoms with Crippen molar-refractivity contribution >= 4 is 20.1 Å². The summed E-state index contributed by atoms with van der Waals surface area (Å²) in [6.07, 6.45) is -6.01. The smallest absolute Gasteiger partial charge is 0.428 e. The molecule has 0 heterocycles. The number of allylic oxidation sites excluding steroid dienone is 3. The van der Waals surface area contributed by atoms with E-state index in [0.717, 1.165) is 11.6 Å². The molecule has 0 amide bonds. The molecule has 0 N–H and O–H groups in total. The van der Waals surface area contributed by atoms with Crippen LogP contribution in [-0.2, 0) is 0 Å². The number of rotatable bonds is 4. The first kappa shape index (κ1) is 21.4. The van der Waals surface area contributed by atoms with Crippen molar-refractivity contribution in [2.75, 3.05) is 0 Å². The Morgan fingerprint density at radius 2 is 1.55 bits per heavy atom. The zero-order valence-corrected chi connectivity index (χ0v) is 16.6. The third kappa shape index (κ3) is 4.20. The Morgan fingerprint density at radius 3 is 2.10 bits per heavy atom. The highest BCUT2D eigenvalue weighted by atomic mass is 31.0. The van der Waals surface area contributed by atoms with Crippen molar-refractivity contribution in [2.24, 2.45) is 5.92 Å². The molecule has 1 nitrogen and oxygen atoms in total. The lowest BCUT2D eigenvalue weighted by Gasteiger charge is -2.31. The predicted molar refractivity (Wildman–Crippen MR) is 103 cm³/mol. The van der Waals surface area contributed by atoms with Gasteiger partial charge in [0.1, 0.15) is 35.0 Å². The molecule has 8 heteroatoms. The van der Waals surface area contributed by atoms with Crippen LogP contribution in [0.25, 0.3) is 5.57 Å². The molecular formula is C21H17F6OP. The molecule has 154 valence electrons. The highest BCUT2D eigenvalue weighted by Gasteiger charge is 2.48. The van der Waals surface area contributed by atoms with Gasteiger partial charge in [-0.1, -0.05) is 46.0 Å². The van der Waals surface area contributed by atoms with Gasteiger partial charge in [0, 0.05) is 23.4 Å². The Labute approximate surface area is 166 Å². The summed E-state index contributed by atoms with van der Waals surface area (Å²) < 4.78 is 90.1. The van der Waals surface area contributed by atoms with Gasteiger partial charge < -0.3 is 4.74 Å². The monoisotopic (exact) mass is 430 g/mol. The van der Waals surface area contributed by atoms with E-state index < -0.39 is 52.3 Å². The summed E-state index contributed by atoms with van der Waals surface area (Å²) in [5, 5.41) is -0.466. The molecule has 0 radical (unpaired) electrons. The third-order valence-corrected chi connectivity index (χ3v) is 5.29. The first-order valence-electron chi connectivity index (χ1n) is 8.65. The minimum atomic E-state index is -4.45. The fourth-order valence-corrected chi connectivity index (χ4v) is 3.27. The van der Waals surface area contributed by atoms with Crippen molar-refractivity contribution in [2.45, 2.75) is 26.1 Å². The Hall–Kier alpha value is -2.27. The van der Waals surface area contributed by atoms with E-state index in [1.54, 1.807) is 33.5 Å². The lowest BCUT2D eigenvalue weighted by atomic mass is 9.82. The number of hydrogen-bond donors (Lipinski definition) is 0. The molecule has 2 aromatic carbocycles. The van der Waals surface area contributed by atoms with Gasteiger partial charge >= 0.3 is 6.11 Å². The van der Waals surface area contributed by atoms with Crippen molar-refractivity contribution in [1.29, 1.82) is 0 Å². The maximum atomic E-state index is 14.9. The molecular weight excluding hydrogens is 413 g/mol. The summed E-state index contributed by atoms with van der Waals surface area (Å²) in [5.74, 6) is -5.76. The summed E-state index contributed by atoms with van der Waals surface area (Å²) >= 11 is 0.